The molecule has 0 spiro atoms. The first-order chi connectivity index (χ1) is 14.8. The van der Waals surface area contributed by atoms with E-state index in [4.69, 9.17) is 0 Å². The molecule has 0 atom stereocenters. The minimum atomic E-state index is 1.17. The second-order valence-electron chi connectivity index (χ2n) is 7.55. The quantitative estimate of drug-likeness (QED) is 0.303. The maximum absolute atomic E-state index is 2.30. The Morgan fingerprint density at radius 3 is 1.77 bits per heavy atom. The third-order valence-corrected chi connectivity index (χ3v) is 5.67. The van der Waals surface area contributed by atoms with Crippen LogP contribution in [0.5, 0.6) is 0 Å². The Kier molecular flexibility index (Phi) is 4.78. The van der Waals surface area contributed by atoms with Crippen molar-refractivity contribution in [2.75, 3.05) is 11.9 Å². The molecule has 5 aromatic rings. The lowest BCUT2D eigenvalue weighted by atomic mass is 9.99. The largest absolute Gasteiger partial charge is 0.344 e. The monoisotopic (exact) mass is 385 g/mol. The molecule has 0 bridgehead atoms. The van der Waals surface area contributed by atoms with Crippen molar-refractivity contribution >= 4 is 22.1 Å². The smallest absolute Gasteiger partial charge is 0.0487 e. The Morgan fingerprint density at radius 1 is 0.467 bits per heavy atom. The van der Waals surface area contributed by atoms with Crippen LogP contribution in [-0.2, 0) is 0 Å². The molecule has 0 N–H and O–H groups in total. The zero-order valence-corrected chi connectivity index (χ0v) is 17.0. The number of fused-ring (bicyclic) bond motifs is 1. The first kappa shape index (κ1) is 18.2. The van der Waals surface area contributed by atoms with Gasteiger partial charge >= 0.3 is 0 Å². The average molecular weight is 386 g/mol. The minimum Gasteiger partial charge on any atom is -0.344 e. The minimum absolute atomic E-state index is 1.17. The highest BCUT2D eigenvalue weighted by Crippen LogP contribution is 2.35. The Labute approximate surface area is 177 Å². The molecule has 0 aromatic heterocycles. The molecule has 0 aliphatic carbocycles. The van der Waals surface area contributed by atoms with E-state index in [0.717, 1.165) is 0 Å². The van der Waals surface area contributed by atoms with Crippen molar-refractivity contribution in [3.63, 3.8) is 0 Å². The van der Waals surface area contributed by atoms with E-state index in [1.54, 1.807) is 0 Å². The number of hydrogen-bond acceptors (Lipinski definition) is 1. The van der Waals surface area contributed by atoms with Crippen LogP contribution in [-0.4, -0.2) is 7.05 Å². The van der Waals surface area contributed by atoms with E-state index >= 15 is 0 Å². The van der Waals surface area contributed by atoms with Gasteiger partial charge in [0.15, 0.2) is 0 Å². The molecule has 0 radical (unpaired) electrons. The summed E-state index contributed by atoms with van der Waals surface area (Å²) in [5.41, 5.74) is 7.32. The van der Waals surface area contributed by atoms with Gasteiger partial charge in [-0.25, -0.2) is 0 Å². The Balaban J connectivity index is 1.59. The predicted molar refractivity (Wildman–Crippen MR) is 129 cm³/mol. The van der Waals surface area contributed by atoms with Crippen molar-refractivity contribution in [1.29, 1.82) is 0 Å². The molecule has 5 rings (SSSR count). The van der Waals surface area contributed by atoms with Crippen LogP contribution in [0.3, 0.4) is 0 Å². The molecule has 0 saturated heterocycles. The SMILES string of the molecule is CN(c1cccc(-c2ccccc2)c1)c1cccc2ccc(-c3ccccc3)cc12. The summed E-state index contributed by atoms with van der Waals surface area (Å²) in [5.74, 6) is 0. The predicted octanol–water partition coefficient (Wildman–Crippen LogP) is 7.94. The number of anilines is 2. The van der Waals surface area contributed by atoms with Crippen molar-refractivity contribution in [2.24, 2.45) is 0 Å². The van der Waals surface area contributed by atoms with Gasteiger partial charge in [0.2, 0.25) is 0 Å². The molecule has 1 nitrogen and oxygen atoms in total. The van der Waals surface area contributed by atoms with E-state index in [1.165, 1.54) is 44.4 Å². The van der Waals surface area contributed by atoms with Crippen molar-refractivity contribution in [3.05, 3.63) is 121 Å². The fourth-order valence-electron chi connectivity index (χ4n) is 4.02. The van der Waals surface area contributed by atoms with Gasteiger partial charge in [-0.05, 0) is 51.9 Å². The highest BCUT2D eigenvalue weighted by molar-refractivity contribution is 5.98. The number of hydrogen-bond donors (Lipinski definition) is 0. The van der Waals surface area contributed by atoms with Crippen molar-refractivity contribution < 1.29 is 0 Å². The number of nitrogens with zero attached hydrogens (tertiary/aromatic N) is 1. The Morgan fingerprint density at radius 2 is 1.07 bits per heavy atom. The molecule has 30 heavy (non-hydrogen) atoms. The molecule has 0 aliphatic rings. The fraction of sp³-hybridized carbons (Fsp3) is 0.0345. The molecule has 0 amide bonds. The lowest BCUT2D eigenvalue weighted by Crippen LogP contribution is -2.09. The maximum atomic E-state index is 2.30. The Bertz CT molecular complexity index is 1290. The van der Waals surface area contributed by atoms with Crippen molar-refractivity contribution in [2.45, 2.75) is 0 Å². The van der Waals surface area contributed by atoms with Gasteiger partial charge in [0.25, 0.3) is 0 Å². The molecular weight excluding hydrogens is 362 g/mol. The summed E-state index contributed by atoms with van der Waals surface area (Å²) in [7, 11) is 2.15. The van der Waals surface area contributed by atoms with Gasteiger partial charge < -0.3 is 4.90 Å². The summed E-state index contributed by atoms with van der Waals surface area (Å²) in [6.45, 7) is 0. The van der Waals surface area contributed by atoms with E-state index in [1.807, 2.05) is 0 Å². The highest BCUT2D eigenvalue weighted by Gasteiger charge is 2.10. The fourth-order valence-corrected chi connectivity index (χ4v) is 4.02. The molecule has 5 aromatic carbocycles. The standard InChI is InChI=1S/C29H23N/c1-30(27-16-8-15-25(20-27)22-10-4-2-5-11-22)29-17-9-14-24-18-19-26(21-28(24)29)23-12-6-3-7-13-23/h2-21H,1H3. The maximum Gasteiger partial charge on any atom is 0.0487 e. The van der Waals surface area contributed by atoms with Gasteiger partial charge in [0, 0.05) is 23.8 Å². The molecule has 0 saturated carbocycles. The van der Waals surface area contributed by atoms with Crippen LogP contribution >= 0.6 is 0 Å². The second-order valence-corrected chi connectivity index (χ2v) is 7.55. The summed E-state index contributed by atoms with van der Waals surface area (Å²) in [5, 5.41) is 2.50. The van der Waals surface area contributed by atoms with Crippen LogP contribution in [0.25, 0.3) is 33.0 Å². The molecule has 0 unspecified atom stereocenters. The van der Waals surface area contributed by atoms with Crippen LogP contribution < -0.4 is 4.90 Å². The van der Waals surface area contributed by atoms with Gasteiger partial charge in [-0.2, -0.15) is 0 Å². The van der Waals surface area contributed by atoms with Crippen molar-refractivity contribution in [1.82, 2.24) is 0 Å². The van der Waals surface area contributed by atoms with Crippen LogP contribution in [0.4, 0.5) is 11.4 Å². The zero-order chi connectivity index (χ0) is 20.3. The molecule has 1 heteroatoms. The van der Waals surface area contributed by atoms with Crippen LogP contribution in [0.15, 0.2) is 121 Å². The van der Waals surface area contributed by atoms with Gasteiger partial charge in [0.1, 0.15) is 0 Å². The van der Waals surface area contributed by atoms with E-state index in [2.05, 4.69) is 133 Å². The average Bonchev–Trinajstić information content (AvgIpc) is 2.84. The molecule has 0 fully saturated rings. The molecular formula is C29H23N. The molecule has 144 valence electrons. The van der Waals surface area contributed by atoms with Crippen molar-refractivity contribution in [3.8, 4) is 22.3 Å². The summed E-state index contributed by atoms with van der Waals surface area (Å²) in [6, 6.07) is 43.1. The third kappa shape index (κ3) is 3.46. The second kappa shape index (κ2) is 7.88. The lowest BCUT2D eigenvalue weighted by molar-refractivity contribution is 1.22. The third-order valence-electron chi connectivity index (χ3n) is 5.67. The first-order valence-corrected chi connectivity index (χ1v) is 10.3. The number of benzene rings is 5. The van der Waals surface area contributed by atoms with E-state index in [9.17, 15) is 0 Å². The summed E-state index contributed by atoms with van der Waals surface area (Å²) >= 11 is 0. The van der Waals surface area contributed by atoms with Gasteiger partial charge in [-0.1, -0.05) is 97.1 Å². The van der Waals surface area contributed by atoms with Gasteiger partial charge in [-0.15, -0.1) is 0 Å². The van der Waals surface area contributed by atoms with Crippen LogP contribution in [0, 0.1) is 0 Å². The van der Waals surface area contributed by atoms with E-state index in [0.29, 0.717) is 0 Å². The topological polar surface area (TPSA) is 3.24 Å². The summed E-state index contributed by atoms with van der Waals surface area (Å²) in [4.78, 5) is 2.28. The molecule has 0 heterocycles. The van der Waals surface area contributed by atoms with E-state index in [-0.39, 0.29) is 0 Å². The van der Waals surface area contributed by atoms with Crippen LogP contribution in [0.1, 0.15) is 0 Å². The molecule has 0 aliphatic heterocycles. The number of rotatable bonds is 4. The highest BCUT2D eigenvalue weighted by atomic mass is 15.1. The first-order valence-electron chi connectivity index (χ1n) is 10.3. The Hall–Kier alpha value is -3.84. The van der Waals surface area contributed by atoms with E-state index < -0.39 is 0 Å². The van der Waals surface area contributed by atoms with Crippen LogP contribution in [0.2, 0.25) is 0 Å². The van der Waals surface area contributed by atoms with Gasteiger partial charge in [-0.3, -0.25) is 0 Å². The lowest BCUT2D eigenvalue weighted by Gasteiger charge is -2.22. The zero-order valence-electron chi connectivity index (χ0n) is 17.0. The normalized spacial score (nSPS) is 10.8. The summed E-state index contributed by atoms with van der Waals surface area (Å²) < 4.78 is 0. The summed E-state index contributed by atoms with van der Waals surface area (Å²) in [6.07, 6.45) is 0. The van der Waals surface area contributed by atoms with Gasteiger partial charge in [0.05, 0.1) is 0 Å².